The average molecular weight is 255 g/mol. The smallest absolute Gasteiger partial charge is 0.249 e. The van der Waals surface area contributed by atoms with Crippen molar-refractivity contribution >= 4 is 17.7 Å². The Bertz CT molecular complexity index is 429. The van der Waals surface area contributed by atoms with Gasteiger partial charge >= 0.3 is 0 Å². The number of carbonyl (C=O) groups is 1. The second kappa shape index (κ2) is 4.63. The summed E-state index contributed by atoms with van der Waals surface area (Å²) < 4.78 is 6.98. The predicted molar refractivity (Wildman–Crippen MR) is 61.2 cm³/mol. The minimum atomic E-state index is -0.00877. The number of morpholine rings is 1. The minimum Gasteiger partial charge on any atom is -0.379 e. The molecule has 1 amide bonds. The predicted octanol–water partition coefficient (Wildman–Crippen LogP) is -0.714. The number of fused-ring (bicyclic) bond motifs is 1. The highest BCUT2D eigenvalue weighted by atomic mass is 32.2. The maximum absolute atomic E-state index is 11.3. The Labute approximate surface area is 102 Å². The molecule has 8 heteroatoms. The molecule has 1 aromatic rings. The fraction of sp³-hybridized carbons (Fsp3) is 0.667. The van der Waals surface area contributed by atoms with E-state index in [1.54, 1.807) is 4.68 Å². The molecule has 2 aliphatic rings. The summed E-state index contributed by atoms with van der Waals surface area (Å²) in [6.45, 7) is 3.98. The number of nitrogens with zero attached hydrogens (tertiary/aromatic N) is 4. The lowest BCUT2D eigenvalue weighted by molar-refractivity contribution is -0.115. The van der Waals surface area contributed by atoms with E-state index in [2.05, 4.69) is 20.5 Å². The van der Waals surface area contributed by atoms with E-state index in [0.717, 1.165) is 37.3 Å². The van der Waals surface area contributed by atoms with Crippen LogP contribution in [0.1, 0.15) is 5.82 Å². The van der Waals surface area contributed by atoms with Gasteiger partial charge in [-0.15, -0.1) is 10.2 Å². The topological polar surface area (TPSA) is 72.3 Å². The molecule has 0 spiro atoms. The van der Waals surface area contributed by atoms with E-state index >= 15 is 0 Å². The first-order valence-corrected chi connectivity index (χ1v) is 6.48. The minimum absolute atomic E-state index is 0.00877. The fourth-order valence-corrected chi connectivity index (χ4v) is 2.56. The molecule has 92 valence electrons. The molecule has 0 radical (unpaired) electrons. The lowest BCUT2D eigenvalue weighted by atomic mass is 10.4. The second-order valence-corrected chi connectivity index (χ2v) is 4.89. The zero-order chi connectivity index (χ0) is 11.7. The van der Waals surface area contributed by atoms with Crippen molar-refractivity contribution in [2.24, 2.45) is 0 Å². The summed E-state index contributed by atoms with van der Waals surface area (Å²) in [7, 11) is 0. The van der Waals surface area contributed by atoms with Crippen LogP contribution >= 0.6 is 11.8 Å². The number of amides is 1. The molecule has 0 aliphatic carbocycles. The Morgan fingerprint density at radius 2 is 2.18 bits per heavy atom. The highest BCUT2D eigenvalue weighted by molar-refractivity contribution is 7.99. The Kier molecular flexibility index (Phi) is 3.00. The third kappa shape index (κ3) is 2.28. The van der Waals surface area contributed by atoms with Gasteiger partial charge in [-0.3, -0.25) is 15.1 Å². The monoisotopic (exact) mass is 255 g/mol. The van der Waals surface area contributed by atoms with Gasteiger partial charge in [0.25, 0.3) is 0 Å². The molecule has 0 saturated carbocycles. The van der Waals surface area contributed by atoms with Gasteiger partial charge < -0.3 is 4.74 Å². The maximum Gasteiger partial charge on any atom is 0.249 e. The third-order valence-corrected chi connectivity index (χ3v) is 3.67. The molecular formula is C9H13N5O2S. The zero-order valence-electron chi connectivity index (χ0n) is 9.26. The molecule has 0 unspecified atom stereocenters. The van der Waals surface area contributed by atoms with Crippen molar-refractivity contribution in [3.63, 3.8) is 0 Å². The number of thioether (sulfide) groups is 1. The highest BCUT2D eigenvalue weighted by Crippen LogP contribution is 2.20. The number of hydrogen-bond donors (Lipinski definition) is 1. The molecule has 1 saturated heterocycles. The van der Waals surface area contributed by atoms with Gasteiger partial charge in [0.1, 0.15) is 0 Å². The molecule has 2 aliphatic heterocycles. The van der Waals surface area contributed by atoms with E-state index < -0.39 is 0 Å². The van der Waals surface area contributed by atoms with Gasteiger partial charge in [0.2, 0.25) is 11.1 Å². The normalized spacial score (nSPS) is 21.1. The van der Waals surface area contributed by atoms with E-state index in [1.807, 2.05) is 0 Å². The summed E-state index contributed by atoms with van der Waals surface area (Å²) in [6, 6.07) is 0. The maximum atomic E-state index is 11.3. The van der Waals surface area contributed by atoms with Crippen LogP contribution in [0.4, 0.5) is 0 Å². The van der Waals surface area contributed by atoms with Crippen molar-refractivity contribution in [2.75, 3.05) is 37.5 Å². The van der Waals surface area contributed by atoms with E-state index in [0.29, 0.717) is 12.3 Å². The van der Waals surface area contributed by atoms with Crippen molar-refractivity contribution in [1.82, 2.24) is 19.8 Å². The molecule has 0 bridgehead atoms. The molecule has 0 atom stereocenters. The molecule has 7 nitrogen and oxygen atoms in total. The van der Waals surface area contributed by atoms with Crippen molar-refractivity contribution < 1.29 is 9.53 Å². The molecule has 1 N–H and O–H groups in total. The standard InChI is InChI=1S/C9H13N5O2S/c15-8-6-17-9-11-10-7(14(9)12-8)5-13-1-3-16-4-2-13/h1-6H2,(H,12,15). The van der Waals surface area contributed by atoms with Crippen LogP contribution < -0.4 is 5.43 Å². The highest BCUT2D eigenvalue weighted by Gasteiger charge is 2.22. The van der Waals surface area contributed by atoms with Crippen molar-refractivity contribution in [1.29, 1.82) is 0 Å². The Morgan fingerprint density at radius 3 is 3.00 bits per heavy atom. The molecule has 0 aromatic carbocycles. The van der Waals surface area contributed by atoms with Crippen LogP contribution in [-0.2, 0) is 16.1 Å². The summed E-state index contributed by atoms with van der Waals surface area (Å²) >= 11 is 1.41. The number of rotatable bonds is 2. The summed E-state index contributed by atoms with van der Waals surface area (Å²) in [6.07, 6.45) is 0. The van der Waals surface area contributed by atoms with Gasteiger partial charge in [-0.1, -0.05) is 11.8 Å². The molecule has 3 heterocycles. The second-order valence-electron chi connectivity index (χ2n) is 3.95. The molecule has 1 aromatic heterocycles. The van der Waals surface area contributed by atoms with Gasteiger partial charge in [-0.05, 0) is 0 Å². The van der Waals surface area contributed by atoms with Crippen LogP contribution in [-0.4, -0.2) is 57.7 Å². The zero-order valence-corrected chi connectivity index (χ0v) is 10.1. The van der Waals surface area contributed by atoms with E-state index in [4.69, 9.17) is 4.74 Å². The fourth-order valence-electron chi connectivity index (χ4n) is 1.85. The largest absolute Gasteiger partial charge is 0.379 e. The summed E-state index contributed by atoms with van der Waals surface area (Å²) in [5, 5.41) is 8.94. The number of hydrogen-bond acceptors (Lipinski definition) is 6. The van der Waals surface area contributed by atoms with Crippen molar-refractivity contribution in [3.8, 4) is 0 Å². The van der Waals surface area contributed by atoms with Crippen LogP contribution in [0.2, 0.25) is 0 Å². The van der Waals surface area contributed by atoms with Crippen LogP contribution in [0.5, 0.6) is 0 Å². The molecule has 3 rings (SSSR count). The number of ether oxygens (including phenoxy) is 1. The van der Waals surface area contributed by atoms with Crippen LogP contribution in [0, 0.1) is 0 Å². The quantitative estimate of drug-likeness (QED) is 0.752. The first-order chi connectivity index (χ1) is 8.33. The summed E-state index contributed by atoms with van der Waals surface area (Å²) in [4.78, 5) is 13.6. The molecule has 17 heavy (non-hydrogen) atoms. The van der Waals surface area contributed by atoms with Crippen LogP contribution in [0.15, 0.2) is 5.16 Å². The van der Waals surface area contributed by atoms with Crippen molar-refractivity contribution in [2.45, 2.75) is 11.7 Å². The Morgan fingerprint density at radius 1 is 1.35 bits per heavy atom. The lowest BCUT2D eigenvalue weighted by Crippen LogP contribution is -2.38. The van der Waals surface area contributed by atoms with Gasteiger partial charge in [0, 0.05) is 13.1 Å². The number of aromatic nitrogens is 3. The van der Waals surface area contributed by atoms with E-state index in [9.17, 15) is 4.79 Å². The summed E-state index contributed by atoms with van der Waals surface area (Å²) in [5.41, 5.74) is 2.77. The Hall–Kier alpha value is -1.12. The van der Waals surface area contributed by atoms with Crippen LogP contribution in [0.3, 0.4) is 0 Å². The lowest BCUT2D eigenvalue weighted by Gasteiger charge is -2.26. The van der Waals surface area contributed by atoms with Gasteiger partial charge in [-0.2, -0.15) is 0 Å². The SMILES string of the molecule is O=C1CSc2nnc(CN3CCOCC3)n2N1. The van der Waals surface area contributed by atoms with Gasteiger partial charge in [0.15, 0.2) is 5.82 Å². The first kappa shape index (κ1) is 11.0. The molecular weight excluding hydrogens is 242 g/mol. The van der Waals surface area contributed by atoms with Gasteiger partial charge in [0.05, 0.1) is 25.5 Å². The number of nitrogens with one attached hydrogen (secondary N) is 1. The number of carbonyl (C=O) groups excluding carboxylic acids is 1. The first-order valence-electron chi connectivity index (χ1n) is 5.50. The molecule has 1 fully saturated rings. The van der Waals surface area contributed by atoms with Crippen molar-refractivity contribution in [3.05, 3.63) is 5.82 Å². The third-order valence-electron chi connectivity index (χ3n) is 2.74. The van der Waals surface area contributed by atoms with E-state index in [1.165, 1.54) is 11.8 Å². The summed E-state index contributed by atoms with van der Waals surface area (Å²) in [5.74, 6) is 1.18. The van der Waals surface area contributed by atoms with E-state index in [-0.39, 0.29) is 5.91 Å². The average Bonchev–Trinajstić information content (AvgIpc) is 2.73. The Balaban J connectivity index is 1.74. The van der Waals surface area contributed by atoms with Crippen LogP contribution in [0.25, 0.3) is 0 Å². The van der Waals surface area contributed by atoms with Gasteiger partial charge in [-0.25, -0.2) is 4.68 Å².